The Hall–Kier alpha value is -1.79. The highest BCUT2D eigenvalue weighted by molar-refractivity contribution is 9.10. The van der Waals surface area contributed by atoms with Crippen molar-refractivity contribution in [3.05, 3.63) is 63.6 Å². The molecule has 0 spiro atoms. The third-order valence-electron chi connectivity index (χ3n) is 2.68. The second-order valence-corrected chi connectivity index (χ2v) is 4.91. The zero-order valence-corrected chi connectivity index (χ0v) is 11.6. The van der Waals surface area contributed by atoms with Gasteiger partial charge in [-0.3, -0.25) is 0 Å². The minimum Gasteiger partial charge on any atom is -0.489 e. The number of nitrogens with zero attached hydrogens (tertiary/aromatic N) is 1. The summed E-state index contributed by atoms with van der Waals surface area (Å²) in [5.74, 6) is 0.835. The molecule has 0 aliphatic carbocycles. The lowest BCUT2D eigenvalue weighted by atomic mass is 10.1. The molecule has 3 heteroatoms. The molecule has 0 bridgehead atoms. The Kier molecular flexibility index (Phi) is 4.01. The number of rotatable bonds is 3. The van der Waals surface area contributed by atoms with E-state index in [-0.39, 0.29) is 0 Å². The number of benzene rings is 2. The number of hydrogen-bond donors (Lipinski definition) is 0. The molecule has 0 aliphatic rings. The van der Waals surface area contributed by atoms with Crippen LogP contribution in [0.1, 0.15) is 16.7 Å². The van der Waals surface area contributed by atoms with E-state index in [0.717, 1.165) is 21.3 Å². The van der Waals surface area contributed by atoms with Gasteiger partial charge in [-0.05, 0) is 54.4 Å². The summed E-state index contributed by atoms with van der Waals surface area (Å²) < 4.78 is 6.73. The van der Waals surface area contributed by atoms with E-state index in [1.807, 2.05) is 49.4 Å². The van der Waals surface area contributed by atoms with E-state index in [2.05, 4.69) is 22.0 Å². The quantitative estimate of drug-likeness (QED) is 0.851. The molecule has 90 valence electrons. The van der Waals surface area contributed by atoms with E-state index < -0.39 is 0 Å². The smallest absolute Gasteiger partial charge is 0.119 e. The SMILES string of the molecule is Cc1cc(C#N)ccc1COc1ccc(Br)cc1. The number of ether oxygens (including phenoxy) is 1. The van der Waals surface area contributed by atoms with Crippen molar-refractivity contribution in [3.63, 3.8) is 0 Å². The number of hydrogen-bond acceptors (Lipinski definition) is 2. The fraction of sp³-hybridized carbons (Fsp3) is 0.133. The Morgan fingerprint density at radius 1 is 1.17 bits per heavy atom. The molecular weight excluding hydrogens is 290 g/mol. The van der Waals surface area contributed by atoms with E-state index in [0.29, 0.717) is 12.2 Å². The Bertz CT molecular complexity index is 584. The number of halogens is 1. The van der Waals surface area contributed by atoms with E-state index in [1.165, 1.54) is 0 Å². The van der Waals surface area contributed by atoms with Gasteiger partial charge in [0.15, 0.2) is 0 Å². The summed E-state index contributed by atoms with van der Waals surface area (Å²) in [6, 6.07) is 15.5. The van der Waals surface area contributed by atoms with E-state index in [4.69, 9.17) is 10.00 Å². The van der Waals surface area contributed by atoms with Crippen LogP contribution in [0.15, 0.2) is 46.9 Å². The van der Waals surface area contributed by atoms with E-state index >= 15 is 0 Å². The Morgan fingerprint density at radius 2 is 1.89 bits per heavy atom. The molecule has 0 fully saturated rings. The van der Waals surface area contributed by atoms with Crippen LogP contribution in [-0.4, -0.2) is 0 Å². The van der Waals surface area contributed by atoms with Crippen LogP contribution in [0.5, 0.6) is 5.75 Å². The van der Waals surface area contributed by atoms with Crippen LogP contribution < -0.4 is 4.74 Å². The van der Waals surface area contributed by atoms with Crippen molar-refractivity contribution in [2.75, 3.05) is 0 Å². The maximum absolute atomic E-state index is 8.80. The van der Waals surface area contributed by atoms with Gasteiger partial charge in [0.2, 0.25) is 0 Å². The maximum Gasteiger partial charge on any atom is 0.119 e. The summed E-state index contributed by atoms with van der Waals surface area (Å²) in [4.78, 5) is 0. The summed E-state index contributed by atoms with van der Waals surface area (Å²) in [6.45, 7) is 2.50. The molecule has 0 saturated heterocycles. The van der Waals surface area contributed by atoms with E-state index in [9.17, 15) is 0 Å². The average Bonchev–Trinajstić information content (AvgIpc) is 2.39. The van der Waals surface area contributed by atoms with Crippen LogP contribution in [0.4, 0.5) is 0 Å². The summed E-state index contributed by atoms with van der Waals surface area (Å²) >= 11 is 3.38. The molecular formula is C15H12BrNO. The highest BCUT2D eigenvalue weighted by atomic mass is 79.9. The Morgan fingerprint density at radius 3 is 2.50 bits per heavy atom. The highest BCUT2D eigenvalue weighted by Gasteiger charge is 2.01. The van der Waals surface area contributed by atoms with Crippen LogP contribution in [-0.2, 0) is 6.61 Å². The molecule has 0 amide bonds. The number of aryl methyl sites for hydroxylation is 1. The fourth-order valence-electron chi connectivity index (χ4n) is 1.62. The van der Waals surface area contributed by atoms with Crippen molar-refractivity contribution >= 4 is 15.9 Å². The predicted molar refractivity (Wildman–Crippen MR) is 74.4 cm³/mol. The monoisotopic (exact) mass is 301 g/mol. The van der Waals surface area contributed by atoms with Gasteiger partial charge in [0.05, 0.1) is 11.6 Å². The van der Waals surface area contributed by atoms with Crippen LogP contribution in [0, 0.1) is 18.3 Å². The van der Waals surface area contributed by atoms with Crippen LogP contribution in [0.25, 0.3) is 0 Å². The van der Waals surface area contributed by atoms with Gasteiger partial charge in [-0.2, -0.15) is 5.26 Å². The third kappa shape index (κ3) is 3.12. The van der Waals surface area contributed by atoms with Crippen molar-refractivity contribution in [3.8, 4) is 11.8 Å². The second kappa shape index (κ2) is 5.70. The van der Waals surface area contributed by atoms with Gasteiger partial charge in [-0.1, -0.05) is 22.0 Å². The minimum atomic E-state index is 0.513. The molecule has 2 nitrogen and oxygen atoms in total. The van der Waals surface area contributed by atoms with Crippen molar-refractivity contribution in [1.29, 1.82) is 5.26 Å². The summed E-state index contributed by atoms with van der Waals surface area (Å²) in [7, 11) is 0. The first-order valence-corrected chi connectivity index (χ1v) is 6.36. The second-order valence-electron chi connectivity index (χ2n) is 4.00. The van der Waals surface area contributed by atoms with Crippen LogP contribution in [0.3, 0.4) is 0 Å². The average molecular weight is 302 g/mol. The molecule has 0 radical (unpaired) electrons. The first-order chi connectivity index (χ1) is 8.69. The molecule has 0 N–H and O–H groups in total. The molecule has 2 aromatic rings. The molecule has 18 heavy (non-hydrogen) atoms. The lowest BCUT2D eigenvalue weighted by molar-refractivity contribution is 0.305. The summed E-state index contributed by atoms with van der Waals surface area (Å²) in [5.41, 5.74) is 2.85. The topological polar surface area (TPSA) is 33.0 Å². The maximum atomic E-state index is 8.80. The number of nitriles is 1. The van der Waals surface area contributed by atoms with Gasteiger partial charge in [0.1, 0.15) is 12.4 Å². The van der Waals surface area contributed by atoms with Gasteiger partial charge in [-0.15, -0.1) is 0 Å². The Balaban J connectivity index is 2.06. The predicted octanol–water partition coefficient (Wildman–Crippen LogP) is 4.21. The normalized spacial score (nSPS) is 9.83. The largest absolute Gasteiger partial charge is 0.489 e. The van der Waals surface area contributed by atoms with Crippen molar-refractivity contribution in [2.45, 2.75) is 13.5 Å². The molecule has 0 heterocycles. The zero-order valence-electron chi connectivity index (χ0n) is 9.98. The third-order valence-corrected chi connectivity index (χ3v) is 3.21. The standard InChI is InChI=1S/C15H12BrNO/c1-11-8-12(9-17)2-3-13(11)10-18-15-6-4-14(16)5-7-15/h2-8H,10H2,1H3. The lowest BCUT2D eigenvalue weighted by Gasteiger charge is -2.09. The van der Waals surface area contributed by atoms with Gasteiger partial charge in [-0.25, -0.2) is 0 Å². The van der Waals surface area contributed by atoms with Gasteiger partial charge < -0.3 is 4.74 Å². The van der Waals surface area contributed by atoms with Gasteiger partial charge >= 0.3 is 0 Å². The van der Waals surface area contributed by atoms with Crippen LogP contribution >= 0.6 is 15.9 Å². The van der Waals surface area contributed by atoms with E-state index in [1.54, 1.807) is 0 Å². The van der Waals surface area contributed by atoms with Crippen molar-refractivity contribution in [1.82, 2.24) is 0 Å². The van der Waals surface area contributed by atoms with Crippen molar-refractivity contribution in [2.24, 2.45) is 0 Å². The zero-order chi connectivity index (χ0) is 13.0. The summed E-state index contributed by atoms with van der Waals surface area (Å²) in [6.07, 6.45) is 0. The minimum absolute atomic E-state index is 0.513. The molecule has 0 aromatic heterocycles. The molecule has 0 aliphatic heterocycles. The highest BCUT2D eigenvalue weighted by Crippen LogP contribution is 2.18. The first kappa shape index (κ1) is 12.7. The molecule has 0 unspecified atom stereocenters. The first-order valence-electron chi connectivity index (χ1n) is 5.57. The van der Waals surface area contributed by atoms with Gasteiger partial charge in [0.25, 0.3) is 0 Å². The van der Waals surface area contributed by atoms with Crippen molar-refractivity contribution < 1.29 is 4.74 Å². The molecule has 0 saturated carbocycles. The lowest BCUT2D eigenvalue weighted by Crippen LogP contribution is -1.98. The Labute approximate surface area is 115 Å². The summed E-state index contributed by atoms with van der Waals surface area (Å²) in [5, 5.41) is 8.80. The van der Waals surface area contributed by atoms with Gasteiger partial charge in [0, 0.05) is 4.47 Å². The molecule has 2 aromatic carbocycles. The molecule has 0 atom stereocenters. The molecule has 2 rings (SSSR count). The van der Waals surface area contributed by atoms with Crippen LogP contribution in [0.2, 0.25) is 0 Å². The fourth-order valence-corrected chi connectivity index (χ4v) is 1.88.